The van der Waals surface area contributed by atoms with Crippen molar-refractivity contribution in [2.75, 3.05) is 39.4 Å². The highest BCUT2D eigenvalue weighted by Gasteiger charge is 2.34. The van der Waals surface area contributed by atoms with E-state index in [1.165, 1.54) is 4.90 Å². The van der Waals surface area contributed by atoms with Gasteiger partial charge in [-0.1, -0.05) is 12.1 Å². The van der Waals surface area contributed by atoms with Crippen LogP contribution in [0.5, 0.6) is 0 Å². The molecule has 3 rings (SSSR count). The van der Waals surface area contributed by atoms with Crippen LogP contribution in [0.4, 0.5) is 4.79 Å². The van der Waals surface area contributed by atoms with E-state index in [1.807, 2.05) is 20.8 Å². The molecule has 8 heteroatoms. The molecule has 0 bridgehead atoms. The van der Waals surface area contributed by atoms with Crippen LogP contribution in [-0.4, -0.2) is 78.7 Å². The highest BCUT2D eigenvalue weighted by Crippen LogP contribution is 2.22. The first-order valence-electron chi connectivity index (χ1n) is 12.0. The smallest absolute Gasteiger partial charge is 0.407 e. The van der Waals surface area contributed by atoms with E-state index in [-0.39, 0.29) is 23.9 Å². The Kier molecular flexibility index (Phi) is 8.86. The third-order valence-corrected chi connectivity index (χ3v) is 5.87. The van der Waals surface area contributed by atoms with Crippen molar-refractivity contribution in [3.63, 3.8) is 0 Å². The number of ether oxygens (including phenoxy) is 2. The molecule has 1 aromatic rings. The summed E-state index contributed by atoms with van der Waals surface area (Å²) in [6.07, 6.45) is 4.04. The van der Waals surface area contributed by atoms with Crippen molar-refractivity contribution in [1.29, 1.82) is 0 Å². The molecule has 0 aromatic heterocycles. The summed E-state index contributed by atoms with van der Waals surface area (Å²) < 4.78 is 11.1. The minimum atomic E-state index is -0.473. The van der Waals surface area contributed by atoms with Gasteiger partial charge in [-0.15, -0.1) is 0 Å². The van der Waals surface area contributed by atoms with E-state index in [9.17, 15) is 14.4 Å². The maximum absolute atomic E-state index is 12.3. The number of benzene rings is 1. The van der Waals surface area contributed by atoms with Crippen molar-refractivity contribution in [2.45, 2.75) is 64.5 Å². The molecule has 1 N–H and O–H groups in total. The Balaban J connectivity index is 1.19. The number of imide groups is 1. The first kappa shape index (κ1) is 25.2. The molecular formula is C25H37N3O5. The highest BCUT2D eigenvalue weighted by atomic mass is 16.6. The zero-order chi connectivity index (χ0) is 23.8. The van der Waals surface area contributed by atoms with E-state index in [2.05, 4.69) is 10.2 Å². The molecule has 0 aliphatic carbocycles. The zero-order valence-electron chi connectivity index (χ0n) is 20.1. The van der Waals surface area contributed by atoms with Crippen molar-refractivity contribution < 1.29 is 23.9 Å². The van der Waals surface area contributed by atoms with Crippen LogP contribution in [0.3, 0.4) is 0 Å². The molecule has 182 valence electrons. The Morgan fingerprint density at radius 3 is 2.18 bits per heavy atom. The maximum atomic E-state index is 12.3. The molecule has 33 heavy (non-hydrogen) atoms. The monoisotopic (exact) mass is 459 g/mol. The second-order valence-corrected chi connectivity index (χ2v) is 9.74. The third kappa shape index (κ3) is 7.54. The van der Waals surface area contributed by atoms with Gasteiger partial charge in [0.25, 0.3) is 11.8 Å². The average Bonchev–Trinajstić information content (AvgIpc) is 3.00. The largest absolute Gasteiger partial charge is 0.444 e. The van der Waals surface area contributed by atoms with Crippen molar-refractivity contribution in [2.24, 2.45) is 0 Å². The number of unbranched alkanes of at least 4 members (excludes halogenated alkanes) is 1. The predicted molar refractivity (Wildman–Crippen MR) is 125 cm³/mol. The minimum Gasteiger partial charge on any atom is -0.444 e. The Labute approximate surface area is 196 Å². The summed E-state index contributed by atoms with van der Waals surface area (Å²) in [5, 5.41) is 2.96. The summed E-state index contributed by atoms with van der Waals surface area (Å²) in [7, 11) is 0. The summed E-state index contributed by atoms with van der Waals surface area (Å²) >= 11 is 0. The van der Waals surface area contributed by atoms with Gasteiger partial charge in [-0.2, -0.15) is 0 Å². The number of hydrogen-bond donors (Lipinski definition) is 1. The molecule has 2 aliphatic heterocycles. The maximum Gasteiger partial charge on any atom is 0.407 e. The van der Waals surface area contributed by atoms with Crippen LogP contribution < -0.4 is 5.32 Å². The van der Waals surface area contributed by atoms with Crippen molar-refractivity contribution in [3.8, 4) is 0 Å². The number of carbonyl (C=O) groups excluding carboxylic acids is 3. The van der Waals surface area contributed by atoms with Gasteiger partial charge in [0, 0.05) is 45.4 Å². The van der Waals surface area contributed by atoms with E-state index in [0.29, 0.717) is 30.9 Å². The molecule has 0 atom stereocenters. The van der Waals surface area contributed by atoms with E-state index < -0.39 is 5.60 Å². The first-order valence-corrected chi connectivity index (χ1v) is 12.0. The third-order valence-electron chi connectivity index (χ3n) is 5.87. The van der Waals surface area contributed by atoms with Gasteiger partial charge >= 0.3 is 6.09 Å². The number of amides is 3. The van der Waals surface area contributed by atoms with Gasteiger partial charge in [0.1, 0.15) is 5.60 Å². The summed E-state index contributed by atoms with van der Waals surface area (Å²) in [6, 6.07) is 7.15. The number of likely N-dealkylation sites (tertiary alicyclic amines) is 1. The van der Waals surface area contributed by atoms with Gasteiger partial charge in [0.15, 0.2) is 0 Å². The Morgan fingerprint density at radius 1 is 0.970 bits per heavy atom. The van der Waals surface area contributed by atoms with Gasteiger partial charge < -0.3 is 19.7 Å². The zero-order valence-corrected chi connectivity index (χ0v) is 20.1. The van der Waals surface area contributed by atoms with Gasteiger partial charge in [-0.25, -0.2) is 4.79 Å². The summed E-state index contributed by atoms with van der Waals surface area (Å²) in [6.45, 7) is 10.3. The van der Waals surface area contributed by atoms with Crippen LogP contribution in [0, 0.1) is 0 Å². The standard InChI is InChI=1S/C25H37N3O5/c1-25(2,3)33-24(31)26-19-11-15-27(16-12-19)13-8-18-32-17-7-6-14-28-22(29)20-9-4-5-10-21(20)23(28)30/h4-5,9-10,19H,6-8,11-18H2,1-3H3,(H,26,31). The normalized spacial score (nSPS) is 17.4. The van der Waals surface area contributed by atoms with Crippen molar-refractivity contribution >= 4 is 17.9 Å². The van der Waals surface area contributed by atoms with Gasteiger partial charge in [-0.3, -0.25) is 14.5 Å². The second kappa shape index (κ2) is 11.6. The van der Waals surface area contributed by atoms with E-state index >= 15 is 0 Å². The second-order valence-electron chi connectivity index (χ2n) is 9.74. The topological polar surface area (TPSA) is 88.2 Å². The molecule has 0 saturated carbocycles. The molecule has 0 unspecified atom stereocenters. The molecule has 1 aromatic carbocycles. The molecule has 0 spiro atoms. The number of piperidine rings is 1. The lowest BCUT2D eigenvalue weighted by molar-refractivity contribution is 0.0474. The highest BCUT2D eigenvalue weighted by molar-refractivity contribution is 6.21. The van der Waals surface area contributed by atoms with E-state index in [1.54, 1.807) is 24.3 Å². The Bertz CT molecular complexity index is 793. The van der Waals surface area contributed by atoms with Crippen LogP contribution in [0.25, 0.3) is 0 Å². The van der Waals surface area contributed by atoms with Gasteiger partial charge in [-0.05, 0) is 65.0 Å². The van der Waals surface area contributed by atoms with Crippen molar-refractivity contribution in [1.82, 2.24) is 15.1 Å². The number of alkyl carbamates (subject to hydrolysis) is 1. The lowest BCUT2D eigenvalue weighted by Crippen LogP contribution is -2.46. The van der Waals surface area contributed by atoms with Crippen LogP contribution >= 0.6 is 0 Å². The van der Waals surface area contributed by atoms with E-state index in [0.717, 1.165) is 51.7 Å². The SMILES string of the molecule is CC(C)(C)OC(=O)NC1CCN(CCCOCCCCN2C(=O)c3ccccc3C2=O)CC1. The molecule has 2 aliphatic rings. The van der Waals surface area contributed by atoms with Crippen LogP contribution in [-0.2, 0) is 9.47 Å². The van der Waals surface area contributed by atoms with E-state index in [4.69, 9.17) is 9.47 Å². The summed E-state index contributed by atoms with van der Waals surface area (Å²) in [4.78, 5) is 40.3. The molecule has 2 heterocycles. The van der Waals surface area contributed by atoms with Crippen LogP contribution in [0.15, 0.2) is 24.3 Å². The van der Waals surface area contributed by atoms with Crippen LogP contribution in [0.1, 0.15) is 73.6 Å². The number of carbonyl (C=O) groups is 3. The number of hydrogen-bond acceptors (Lipinski definition) is 6. The Morgan fingerprint density at radius 2 is 1.58 bits per heavy atom. The fourth-order valence-corrected chi connectivity index (χ4v) is 4.18. The number of nitrogens with one attached hydrogen (secondary N) is 1. The van der Waals surface area contributed by atoms with Crippen molar-refractivity contribution in [3.05, 3.63) is 35.4 Å². The predicted octanol–water partition coefficient (Wildman–Crippen LogP) is 3.46. The lowest BCUT2D eigenvalue weighted by atomic mass is 10.1. The number of rotatable bonds is 10. The fourth-order valence-electron chi connectivity index (χ4n) is 4.18. The molecule has 3 amide bonds. The van der Waals surface area contributed by atoms with Gasteiger partial charge in [0.05, 0.1) is 11.1 Å². The first-order chi connectivity index (χ1) is 15.7. The summed E-state index contributed by atoms with van der Waals surface area (Å²) in [5.74, 6) is -0.386. The molecule has 8 nitrogen and oxygen atoms in total. The van der Waals surface area contributed by atoms with Crippen LogP contribution in [0.2, 0.25) is 0 Å². The summed E-state index contributed by atoms with van der Waals surface area (Å²) in [5.41, 5.74) is 0.534. The molecular weight excluding hydrogens is 422 g/mol. The molecule has 1 fully saturated rings. The molecule has 1 saturated heterocycles. The number of nitrogens with zero attached hydrogens (tertiary/aromatic N) is 2. The molecule has 0 radical (unpaired) electrons. The minimum absolute atomic E-state index is 0.175. The number of fused-ring (bicyclic) bond motifs is 1. The van der Waals surface area contributed by atoms with Gasteiger partial charge in [0.2, 0.25) is 0 Å². The Hall–Kier alpha value is -2.45. The fraction of sp³-hybridized carbons (Fsp3) is 0.640. The lowest BCUT2D eigenvalue weighted by Gasteiger charge is -2.32. The quantitative estimate of drug-likeness (QED) is 0.426. The average molecular weight is 460 g/mol.